The number of fused-ring (bicyclic) bond motifs is 2. The van der Waals surface area contributed by atoms with Crippen LogP contribution in [0.25, 0.3) is 10.8 Å². The Morgan fingerprint density at radius 2 is 1.63 bits per heavy atom. The van der Waals surface area contributed by atoms with Gasteiger partial charge in [0, 0.05) is 49.0 Å². The Hall–Kier alpha value is -3.66. The molecule has 326 valence electrons. The van der Waals surface area contributed by atoms with E-state index in [1.54, 1.807) is 39.7 Å². The number of benzene rings is 2. The number of carbonyl (C=O) groups is 4. The molecule has 4 saturated heterocycles. The van der Waals surface area contributed by atoms with Crippen molar-refractivity contribution < 1.29 is 53.1 Å². The van der Waals surface area contributed by atoms with E-state index in [-0.39, 0.29) is 36.8 Å². The number of Topliss-reactive ketones (excluding diaryl/α,β-unsaturated/α-hetero) is 2. The van der Waals surface area contributed by atoms with Crippen LogP contribution in [0.3, 0.4) is 0 Å². The van der Waals surface area contributed by atoms with Crippen molar-refractivity contribution in [3.8, 4) is 5.75 Å². The molecule has 0 unspecified atom stereocenters. The molecule has 0 aromatic heterocycles. The predicted octanol–water partition coefficient (Wildman–Crippen LogP) is 4.58. The first-order valence-electron chi connectivity index (χ1n) is 21.2. The van der Waals surface area contributed by atoms with Gasteiger partial charge >= 0.3 is 12.1 Å². The van der Waals surface area contributed by atoms with E-state index in [4.69, 9.17) is 23.7 Å². The van der Waals surface area contributed by atoms with Gasteiger partial charge in [0.1, 0.15) is 29.7 Å². The van der Waals surface area contributed by atoms with E-state index in [1.165, 1.54) is 13.8 Å². The second-order valence-electron chi connectivity index (χ2n) is 18.2. The number of ether oxygens (including phenoxy) is 5. The number of methoxy groups -OCH3 is 1. The van der Waals surface area contributed by atoms with Crippen molar-refractivity contribution in [2.45, 2.75) is 141 Å². The van der Waals surface area contributed by atoms with Crippen LogP contribution in [0.4, 0.5) is 4.79 Å². The lowest BCUT2D eigenvalue weighted by atomic mass is 9.73. The zero-order chi connectivity index (χ0) is 43.3. The summed E-state index contributed by atoms with van der Waals surface area (Å²) in [4.78, 5) is 62.8. The van der Waals surface area contributed by atoms with Crippen molar-refractivity contribution >= 4 is 34.4 Å². The molecular weight excluding hydrogens is 759 g/mol. The lowest BCUT2D eigenvalue weighted by Crippen LogP contribution is -2.65. The molecule has 4 aliphatic heterocycles. The molecule has 6 rings (SSSR count). The maximum absolute atomic E-state index is 14.7. The summed E-state index contributed by atoms with van der Waals surface area (Å²) in [5, 5.41) is 25.9. The number of aliphatic hydroxyl groups excluding tert-OH is 1. The Morgan fingerprint density at radius 1 is 0.949 bits per heavy atom. The van der Waals surface area contributed by atoms with Gasteiger partial charge in [-0.1, -0.05) is 58.0 Å². The fourth-order valence-corrected chi connectivity index (χ4v) is 10.4. The number of likely N-dealkylation sites (N-methyl/N-ethyl adjacent to an activating group) is 1. The highest BCUT2D eigenvalue weighted by Gasteiger charge is 2.62. The standard InChI is InChI=1S/C45H65N3O11/c1-12-35-45(8)39(48(43(53)59-45)30-21-47(22-30)23-32-31-16-14-13-15-29(31)17-18-34(32)55-11)26(4)36(49)24(2)20-44(7,54)40(27(5)37(50)28(6)41(52)57-35)58-42-38(51)33(46(9)10)19-25(3)56-42/h13-18,24-28,30,33,35,38-40,42,51,54H,12,19-23H2,1-11H3/t24-,25-,26+,27+,28-,33+,35-,38-,39-,40-,42+,44-,45-/m1/s1. The number of nitrogens with zero attached hydrogens (tertiary/aromatic N) is 3. The monoisotopic (exact) mass is 823 g/mol. The van der Waals surface area contributed by atoms with Gasteiger partial charge in [-0.3, -0.25) is 24.2 Å². The van der Waals surface area contributed by atoms with Crippen LogP contribution >= 0.6 is 0 Å². The van der Waals surface area contributed by atoms with Crippen molar-refractivity contribution in [3.05, 3.63) is 42.0 Å². The van der Waals surface area contributed by atoms with Crippen molar-refractivity contribution in [1.29, 1.82) is 0 Å². The highest BCUT2D eigenvalue weighted by molar-refractivity contribution is 6.00. The molecule has 59 heavy (non-hydrogen) atoms. The number of hydrogen-bond donors (Lipinski definition) is 2. The molecule has 13 atom stereocenters. The van der Waals surface area contributed by atoms with E-state index in [1.807, 2.05) is 57.1 Å². The molecule has 0 bridgehead atoms. The minimum Gasteiger partial charge on any atom is -0.496 e. The van der Waals surface area contributed by atoms with E-state index >= 15 is 0 Å². The lowest BCUT2D eigenvalue weighted by Gasteiger charge is -2.48. The molecule has 0 aliphatic carbocycles. The van der Waals surface area contributed by atoms with Crippen LogP contribution in [-0.4, -0.2) is 143 Å². The Balaban J connectivity index is 1.31. The Labute approximate surface area is 348 Å². The smallest absolute Gasteiger partial charge is 0.411 e. The predicted molar refractivity (Wildman–Crippen MR) is 219 cm³/mol. The minimum absolute atomic E-state index is 0.119. The topological polar surface area (TPSA) is 165 Å². The molecule has 1 amide bonds. The van der Waals surface area contributed by atoms with E-state index in [0.29, 0.717) is 26.1 Å². The maximum Gasteiger partial charge on any atom is 0.411 e. The second kappa shape index (κ2) is 17.4. The number of likely N-dealkylation sites (tertiary alicyclic amines) is 1. The van der Waals surface area contributed by atoms with Gasteiger partial charge in [0.05, 0.1) is 37.0 Å². The Bertz CT molecular complexity index is 1880. The molecule has 4 heterocycles. The van der Waals surface area contributed by atoms with E-state index in [2.05, 4.69) is 17.0 Å². The van der Waals surface area contributed by atoms with Gasteiger partial charge < -0.3 is 38.8 Å². The Kier molecular flexibility index (Phi) is 13.2. The number of carbonyl (C=O) groups excluding carboxylic acids is 4. The molecule has 0 spiro atoms. The van der Waals surface area contributed by atoms with Gasteiger partial charge in [-0.05, 0) is 77.9 Å². The van der Waals surface area contributed by atoms with Gasteiger partial charge in [0.25, 0.3) is 0 Å². The molecule has 0 saturated carbocycles. The van der Waals surface area contributed by atoms with Gasteiger partial charge in [0.2, 0.25) is 0 Å². The zero-order valence-electron chi connectivity index (χ0n) is 36.5. The number of hydrogen-bond acceptors (Lipinski definition) is 13. The molecule has 2 N–H and O–H groups in total. The van der Waals surface area contributed by atoms with Gasteiger partial charge in [0.15, 0.2) is 17.7 Å². The van der Waals surface area contributed by atoms with Crippen molar-refractivity contribution in [3.63, 3.8) is 0 Å². The average Bonchev–Trinajstić information content (AvgIpc) is 3.44. The van der Waals surface area contributed by atoms with Crippen LogP contribution in [-0.2, 0) is 39.9 Å². The summed E-state index contributed by atoms with van der Waals surface area (Å²) >= 11 is 0. The van der Waals surface area contributed by atoms with Gasteiger partial charge in [-0.25, -0.2) is 4.79 Å². The summed E-state index contributed by atoms with van der Waals surface area (Å²) in [6.45, 7) is 15.0. The van der Waals surface area contributed by atoms with Crippen molar-refractivity contribution in [2.24, 2.45) is 23.7 Å². The number of cyclic esters (lactones) is 1. The van der Waals surface area contributed by atoms with Gasteiger partial charge in [-0.2, -0.15) is 0 Å². The molecule has 2 aromatic rings. The molecule has 4 aliphatic rings. The SMILES string of the molecule is CC[C@H]1OC(=O)[C@H](C)C(=O)[C@H](C)[C@@H](O[C@@H]2O[C@H](C)C[C@H](N(C)C)[C@H]2O)[C@](C)(O)C[C@@H](C)C(=O)[C@H](C)[C@H]2N(C3CN(Cc4c(OC)ccc5ccccc45)C3)C(=O)O[C@]12C. The van der Waals surface area contributed by atoms with Crippen molar-refractivity contribution in [1.82, 2.24) is 14.7 Å². The summed E-state index contributed by atoms with van der Waals surface area (Å²) in [6, 6.07) is 10.6. The highest BCUT2D eigenvalue weighted by atomic mass is 16.7. The number of esters is 1. The van der Waals surface area contributed by atoms with Crippen molar-refractivity contribution in [2.75, 3.05) is 34.3 Å². The molecule has 4 fully saturated rings. The van der Waals surface area contributed by atoms with Crippen LogP contribution in [0.5, 0.6) is 5.75 Å². The van der Waals surface area contributed by atoms with Crippen LogP contribution < -0.4 is 4.74 Å². The van der Waals surface area contributed by atoms with Crippen LogP contribution in [0.1, 0.15) is 80.2 Å². The fourth-order valence-electron chi connectivity index (χ4n) is 10.4. The molecule has 0 radical (unpaired) electrons. The number of ketones is 2. The van der Waals surface area contributed by atoms with Crippen LogP contribution in [0.15, 0.2) is 36.4 Å². The third-order valence-electron chi connectivity index (χ3n) is 13.6. The maximum atomic E-state index is 14.7. The summed E-state index contributed by atoms with van der Waals surface area (Å²) in [5.74, 6) is -4.80. The summed E-state index contributed by atoms with van der Waals surface area (Å²) in [7, 11) is 5.34. The van der Waals surface area contributed by atoms with E-state index < -0.39 is 83.4 Å². The molecular formula is C45H65N3O11. The second-order valence-corrected chi connectivity index (χ2v) is 18.2. The van der Waals surface area contributed by atoms with Gasteiger partial charge in [-0.15, -0.1) is 0 Å². The number of rotatable bonds is 8. The number of aliphatic hydroxyl groups is 2. The quantitative estimate of drug-likeness (QED) is 0.281. The third kappa shape index (κ3) is 8.50. The molecule has 14 nitrogen and oxygen atoms in total. The minimum atomic E-state index is -1.82. The Morgan fingerprint density at radius 3 is 2.27 bits per heavy atom. The first kappa shape index (κ1) is 44.9. The first-order chi connectivity index (χ1) is 27.7. The van der Waals surface area contributed by atoms with Crippen LogP contribution in [0, 0.1) is 23.7 Å². The highest BCUT2D eigenvalue weighted by Crippen LogP contribution is 2.45. The third-order valence-corrected chi connectivity index (χ3v) is 13.6. The normalized spacial score (nSPS) is 38.1. The fraction of sp³-hybridized carbons (Fsp3) is 0.689. The largest absolute Gasteiger partial charge is 0.496 e. The summed E-state index contributed by atoms with van der Waals surface area (Å²) in [6.07, 6.45) is -4.83. The van der Waals surface area contributed by atoms with Crippen LogP contribution in [0.2, 0.25) is 0 Å². The molecule has 2 aromatic carbocycles. The van der Waals surface area contributed by atoms with E-state index in [0.717, 1.165) is 22.1 Å². The summed E-state index contributed by atoms with van der Waals surface area (Å²) in [5.41, 5.74) is -2.23. The number of amides is 1. The lowest BCUT2D eigenvalue weighted by molar-refractivity contribution is -0.293. The average molecular weight is 824 g/mol. The summed E-state index contributed by atoms with van der Waals surface area (Å²) < 4.78 is 30.6. The first-order valence-corrected chi connectivity index (χ1v) is 21.2. The molecule has 14 heteroatoms. The zero-order valence-corrected chi connectivity index (χ0v) is 36.5. The van der Waals surface area contributed by atoms with E-state index in [9.17, 15) is 29.4 Å².